The van der Waals surface area contributed by atoms with Gasteiger partial charge in [-0.3, -0.25) is 0 Å². The largest absolute Gasteiger partial charge is 0.361 e. The highest BCUT2D eigenvalue weighted by Crippen LogP contribution is 2.22. The lowest BCUT2D eigenvalue weighted by atomic mass is 9.93. The summed E-state index contributed by atoms with van der Waals surface area (Å²) in [4.78, 5) is 14.7. The van der Waals surface area contributed by atoms with Crippen molar-refractivity contribution < 1.29 is 4.79 Å². The molecule has 0 spiro atoms. The molecule has 0 aliphatic carbocycles. The molecule has 0 bridgehead atoms. The Morgan fingerprint density at radius 1 is 1.10 bits per heavy atom. The maximum absolute atomic E-state index is 11.4. The number of H-pyrrole nitrogens is 1. The number of carbonyl (C=O) groups is 1. The van der Waals surface area contributed by atoms with Gasteiger partial charge in [0, 0.05) is 28.0 Å². The molecule has 0 amide bonds. The van der Waals surface area contributed by atoms with Crippen LogP contribution in [0.3, 0.4) is 0 Å². The van der Waals surface area contributed by atoms with Crippen molar-refractivity contribution in [2.75, 3.05) is 0 Å². The van der Waals surface area contributed by atoms with E-state index in [2.05, 4.69) is 11.1 Å². The van der Waals surface area contributed by atoms with Gasteiger partial charge in [0.25, 0.3) is 0 Å². The summed E-state index contributed by atoms with van der Waals surface area (Å²) in [7, 11) is 0. The fourth-order valence-electron chi connectivity index (χ4n) is 2.72. The predicted molar refractivity (Wildman–Crippen MR) is 86.7 cm³/mol. The summed E-state index contributed by atoms with van der Waals surface area (Å²) in [5.74, 6) is -0.0392. The summed E-state index contributed by atoms with van der Waals surface area (Å²) in [6.45, 7) is 0. The number of fused-ring (bicyclic) bond motifs is 1. The average Bonchev–Trinajstić information content (AvgIpc) is 2.90. The molecule has 3 aromatic rings. The number of hydrogen-bond donors (Lipinski definition) is 1. The van der Waals surface area contributed by atoms with Crippen molar-refractivity contribution in [3.05, 3.63) is 70.9 Å². The Hall–Kier alpha value is -2.06. The molecule has 3 heteroatoms. The second-order valence-electron chi connectivity index (χ2n) is 5.29. The first-order valence-electron chi connectivity index (χ1n) is 7.01. The molecule has 106 valence electrons. The van der Waals surface area contributed by atoms with E-state index in [9.17, 15) is 4.79 Å². The molecule has 0 saturated heterocycles. The lowest BCUT2D eigenvalue weighted by Crippen LogP contribution is -2.09. The lowest BCUT2D eigenvalue weighted by Gasteiger charge is -2.10. The van der Waals surface area contributed by atoms with Gasteiger partial charge in [0.15, 0.2) is 0 Å². The quantitative estimate of drug-likeness (QED) is 0.695. The first kappa shape index (κ1) is 13.9. The standard InChI is InChI=1S/C18H16ClNO/c19-16-5-3-4-13(10-16)8-14(12-21)9-15-11-20-18-7-2-1-6-17(15)18/h1-7,10-12,14,20H,8-9H2. The minimum absolute atomic E-state index is 0.0392. The summed E-state index contributed by atoms with van der Waals surface area (Å²) >= 11 is 6.00. The van der Waals surface area contributed by atoms with Crippen LogP contribution in [0, 0.1) is 5.92 Å². The molecule has 1 N–H and O–H groups in total. The Morgan fingerprint density at radius 2 is 1.95 bits per heavy atom. The van der Waals surface area contributed by atoms with Gasteiger partial charge < -0.3 is 9.78 Å². The normalized spacial score (nSPS) is 12.4. The second kappa shape index (κ2) is 6.15. The van der Waals surface area contributed by atoms with Crippen LogP contribution in [0.2, 0.25) is 5.02 Å². The van der Waals surface area contributed by atoms with E-state index in [0.29, 0.717) is 11.4 Å². The van der Waals surface area contributed by atoms with Gasteiger partial charge in [-0.15, -0.1) is 0 Å². The molecule has 2 aromatic carbocycles. The van der Waals surface area contributed by atoms with Crippen LogP contribution in [0.15, 0.2) is 54.7 Å². The third kappa shape index (κ3) is 3.17. The monoisotopic (exact) mass is 297 g/mol. The summed E-state index contributed by atoms with van der Waals surface area (Å²) in [6, 6.07) is 15.9. The average molecular weight is 298 g/mol. The summed E-state index contributed by atoms with van der Waals surface area (Å²) in [5, 5.41) is 1.90. The van der Waals surface area contributed by atoms with Crippen molar-refractivity contribution in [1.29, 1.82) is 0 Å². The molecule has 21 heavy (non-hydrogen) atoms. The van der Waals surface area contributed by atoms with Crippen LogP contribution in [-0.4, -0.2) is 11.3 Å². The van der Waals surface area contributed by atoms with Gasteiger partial charge in [0.1, 0.15) is 6.29 Å². The fraction of sp³-hybridized carbons (Fsp3) is 0.167. The van der Waals surface area contributed by atoms with Crippen LogP contribution in [0.25, 0.3) is 10.9 Å². The molecule has 0 aliphatic rings. The first-order valence-corrected chi connectivity index (χ1v) is 7.39. The third-order valence-corrected chi connectivity index (χ3v) is 3.97. The molecule has 0 aliphatic heterocycles. The number of benzene rings is 2. The van der Waals surface area contributed by atoms with E-state index in [1.807, 2.05) is 48.7 Å². The highest BCUT2D eigenvalue weighted by Gasteiger charge is 2.13. The van der Waals surface area contributed by atoms with Crippen molar-refractivity contribution in [2.45, 2.75) is 12.8 Å². The van der Waals surface area contributed by atoms with Crippen LogP contribution in [0.5, 0.6) is 0 Å². The van der Waals surface area contributed by atoms with Gasteiger partial charge in [-0.1, -0.05) is 41.9 Å². The van der Waals surface area contributed by atoms with E-state index >= 15 is 0 Å². The number of carbonyl (C=O) groups excluding carboxylic acids is 1. The Kier molecular flexibility index (Phi) is 4.07. The van der Waals surface area contributed by atoms with Gasteiger partial charge in [-0.05, 0) is 42.2 Å². The molecule has 1 unspecified atom stereocenters. The minimum Gasteiger partial charge on any atom is -0.361 e. The molecule has 1 aromatic heterocycles. The fourth-order valence-corrected chi connectivity index (χ4v) is 2.93. The molecule has 1 atom stereocenters. The first-order chi connectivity index (χ1) is 10.3. The number of nitrogens with one attached hydrogen (secondary N) is 1. The van der Waals surface area contributed by atoms with Gasteiger partial charge in [0.05, 0.1) is 0 Å². The van der Waals surface area contributed by atoms with Crippen LogP contribution in [0.4, 0.5) is 0 Å². The van der Waals surface area contributed by atoms with E-state index in [4.69, 9.17) is 11.6 Å². The van der Waals surface area contributed by atoms with Crippen LogP contribution < -0.4 is 0 Å². The highest BCUT2D eigenvalue weighted by atomic mass is 35.5. The van der Waals surface area contributed by atoms with Crippen LogP contribution >= 0.6 is 11.6 Å². The zero-order chi connectivity index (χ0) is 14.7. The maximum atomic E-state index is 11.4. The maximum Gasteiger partial charge on any atom is 0.123 e. The number of rotatable bonds is 5. The minimum atomic E-state index is -0.0392. The van der Waals surface area contributed by atoms with Crippen molar-refractivity contribution in [1.82, 2.24) is 4.98 Å². The molecule has 1 heterocycles. The van der Waals surface area contributed by atoms with Gasteiger partial charge in [-0.2, -0.15) is 0 Å². The Balaban J connectivity index is 1.80. The highest BCUT2D eigenvalue weighted by molar-refractivity contribution is 6.30. The lowest BCUT2D eigenvalue weighted by molar-refractivity contribution is -0.111. The molecule has 0 radical (unpaired) electrons. The molecule has 2 nitrogen and oxygen atoms in total. The molecular weight excluding hydrogens is 282 g/mol. The number of aromatic amines is 1. The molecular formula is C18H16ClNO. The van der Waals surface area contributed by atoms with E-state index in [1.165, 1.54) is 10.9 Å². The number of aldehydes is 1. The number of hydrogen-bond acceptors (Lipinski definition) is 1. The van der Waals surface area contributed by atoms with Crippen molar-refractivity contribution in [3.63, 3.8) is 0 Å². The number of aromatic nitrogens is 1. The van der Waals surface area contributed by atoms with Gasteiger partial charge >= 0.3 is 0 Å². The predicted octanol–water partition coefficient (Wildman–Crippen LogP) is 4.42. The number of para-hydroxylation sites is 1. The molecule has 0 fully saturated rings. The third-order valence-electron chi connectivity index (χ3n) is 3.74. The van der Waals surface area contributed by atoms with Crippen LogP contribution in [0.1, 0.15) is 11.1 Å². The SMILES string of the molecule is O=CC(Cc1cccc(Cl)c1)Cc1c[nH]c2ccccc12. The Bertz CT molecular complexity index is 763. The topological polar surface area (TPSA) is 32.9 Å². The van der Waals surface area contributed by atoms with E-state index in [0.717, 1.165) is 23.8 Å². The second-order valence-corrected chi connectivity index (χ2v) is 5.73. The molecule has 0 saturated carbocycles. The summed E-state index contributed by atoms with van der Waals surface area (Å²) in [5.41, 5.74) is 3.39. The van der Waals surface area contributed by atoms with E-state index in [1.54, 1.807) is 0 Å². The number of halogens is 1. The van der Waals surface area contributed by atoms with Crippen molar-refractivity contribution in [2.24, 2.45) is 5.92 Å². The van der Waals surface area contributed by atoms with Crippen LogP contribution in [-0.2, 0) is 17.6 Å². The Morgan fingerprint density at radius 3 is 2.76 bits per heavy atom. The summed E-state index contributed by atoms with van der Waals surface area (Å²) < 4.78 is 0. The van der Waals surface area contributed by atoms with E-state index in [-0.39, 0.29) is 5.92 Å². The van der Waals surface area contributed by atoms with E-state index < -0.39 is 0 Å². The zero-order valence-electron chi connectivity index (χ0n) is 11.6. The van der Waals surface area contributed by atoms with Crippen molar-refractivity contribution in [3.8, 4) is 0 Å². The smallest absolute Gasteiger partial charge is 0.123 e. The van der Waals surface area contributed by atoms with Crippen molar-refractivity contribution >= 4 is 28.8 Å². The Labute approximate surface area is 128 Å². The molecule has 3 rings (SSSR count). The van der Waals surface area contributed by atoms with Gasteiger partial charge in [-0.25, -0.2) is 0 Å². The zero-order valence-corrected chi connectivity index (χ0v) is 12.3. The van der Waals surface area contributed by atoms with Gasteiger partial charge in [0.2, 0.25) is 0 Å². The summed E-state index contributed by atoms with van der Waals surface area (Å²) in [6.07, 6.45) is 4.49.